The summed E-state index contributed by atoms with van der Waals surface area (Å²) in [5, 5.41) is 0. The molecule has 2 rings (SSSR count). The quantitative estimate of drug-likeness (QED) is 0.651. The highest BCUT2D eigenvalue weighted by atomic mass is 79.9. The van der Waals surface area contributed by atoms with Crippen LogP contribution in [0.5, 0.6) is 5.75 Å². The number of ether oxygens (including phenoxy) is 1. The van der Waals surface area contributed by atoms with Crippen LogP contribution in [0.25, 0.3) is 0 Å². The maximum Gasteiger partial charge on any atom is 0.124 e. The number of rotatable bonds is 5. The third-order valence-corrected chi connectivity index (χ3v) is 3.57. The van der Waals surface area contributed by atoms with Gasteiger partial charge in [-0.3, -0.25) is 11.3 Å². The van der Waals surface area contributed by atoms with Crippen molar-refractivity contribution in [2.75, 3.05) is 7.11 Å². The van der Waals surface area contributed by atoms with Gasteiger partial charge in [-0.25, -0.2) is 4.98 Å². The van der Waals surface area contributed by atoms with Gasteiger partial charge in [-0.1, -0.05) is 22.0 Å². The molecular formula is C13H17BrN4O. The predicted molar refractivity (Wildman–Crippen MR) is 77.7 cm³/mol. The van der Waals surface area contributed by atoms with Crippen molar-refractivity contribution in [1.29, 1.82) is 0 Å². The summed E-state index contributed by atoms with van der Waals surface area (Å²) in [5.41, 5.74) is 3.84. The summed E-state index contributed by atoms with van der Waals surface area (Å²) in [4.78, 5) is 4.32. The summed E-state index contributed by atoms with van der Waals surface area (Å²) >= 11 is 3.43. The van der Waals surface area contributed by atoms with Crippen molar-refractivity contribution < 1.29 is 4.74 Å². The van der Waals surface area contributed by atoms with Gasteiger partial charge in [0.1, 0.15) is 11.6 Å². The number of aromatic nitrogens is 2. The molecule has 0 saturated heterocycles. The normalized spacial score (nSPS) is 12.4. The summed E-state index contributed by atoms with van der Waals surface area (Å²) in [6, 6.07) is 5.85. The molecule has 3 N–H and O–H groups in total. The zero-order valence-electron chi connectivity index (χ0n) is 10.9. The molecule has 0 spiro atoms. The number of halogens is 1. The highest BCUT2D eigenvalue weighted by Crippen LogP contribution is 2.29. The van der Waals surface area contributed by atoms with Crippen LogP contribution >= 0.6 is 15.9 Å². The first-order valence-corrected chi connectivity index (χ1v) is 6.70. The number of hydrogen-bond donors (Lipinski definition) is 2. The Balaban J connectivity index is 2.29. The smallest absolute Gasteiger partial charge is 0.124 e. The number of hydrogen-bond acceptors (Lipinski definition) is 4. The van der Waals surface area contributed by atoms with E-state index in [1.54, 1.807) is 13.3 Å². The number of aryl methyl sites for hydroxylation is 1. The van der Waals surface area contributed by atoms with Crippen molar-refractivity contribution in [3.05, 3.63) is 46.5 Å². The molecule has 1 aromatic heterocycles. The average molecular weight is 325 g/mol. The average Bonchev–Trinajstić information content (AvgIpc) is 2.81. The highest BCUT2D eigenvalue weighted by molar-refractivity contribution is 9.10. The third kappa shape index (κ3) is 3.15. The van der Waals surface area contributed by atoms with Gasteiger partial charge >= 0.3 is 0 Å². The molecule has 6 heteroatoms. The van der Waals surface area contributed by atoms with E-state index in [0.29, 0.717) is 6.42 Å². The van der Waals surface area contributed by atoms with Gasteiger partial charge in [0, 0.05) is 35.9 Å². The fourth-order valence-electron chi connectivity index (χ4n) is 2.01. The van der Waals surface area contributed by atoms with Gasteiger partial charge in [0.15, 0.2) is 0 Å². The summed E-state index contributed by atoms with van der Waals surface area (Å²) < 4.78 is 8.36. The van der Waals surface area contributed by atoms with Crippen LogP contribution in [0, 0.1) is 0 Å². The van der Waals surface area contributed by atoms with Crippen LogP contribution in [0.3, 0.4) is 0 Å². The molecule has 1 unspecified atom stereocenters. The minimum absolute atomic E-state index is 0.0517. The van der Waals surface area contributed by atoms with Crippen LogP contribution in [-0.2, 0) is 13.5 Å². The van der Waals surface area contributed by atoms with Crippen molar-refractivity contribution >= 4 is 15.9 Å². The van der Waals surface area contributed by atoms with E-state index in [2.05, 4.69) is 26.3 Å². The first-order chi connectivity index (χ1) is 9.15. The molecule has 0 aliphatic heterocycles. The first kappa shape index (κ1) is 14.0. The zero-order chi connectivity index (χ0) is 13.8. The largest absolute Gasteiger partial charge is 0.496 e. The Morgan fingerprint density at radius 1 is 1.53 bits per heavy atom. The van der Waals surface area contributed by atoms with Gasteiger partial charge in [-0.15, -0.1) is 0 Å². The van der Waals surface area contributed by atoms with Gasteiger partial charge in [-0.05, 0) is 12.1 Å². The molecule has 1 heterocycles. The molecule has 1 atom stereocenters. The number of benzene rings is 1. The zero-order valence-corrected chi connectivity index (χ0v) is 12.5. The van der Waals surface area contributed by atoms with Gasteiger partial charge < -0.3 is 9.30 Å². The molecule has 5 nitrogen and oxygen atoms in total. The molecule has 0 amide bonds. The lowest BCUT2D eigenvalue weighted by atomic mass is 10.0. The lowest BCUT2D eigenvalue weighted by molar-refractivity contribution is 0.397. The number of hydrazine groups is 1. The number of nitrogens with zero attached hydrogens (tertiary/aromatic N) is 2. The van der Waals surface area contributed by atoms with Gasteiger partial charge in [0.2, 0.25) is 0 Å². The van der Waals surface area contributed by atoms with Crippen molar-refractivity contribution in [2.45, 2.75) is 12.5 Å². The van der Waals surface area contributed by atoms with Crippen LogP contribution in [0.2, 0.25) is 0 Å². The molecule has 1 aromatic carbocycles. The monoisotopic (exact) mass is 324 g/mol. The Bertz CT molecular complexity index is 555. The Hall–Kier alpha value is -1.37. The molecule has 2 aromatic rings. The second-order valence-electron chi connectivity index (χ2n) is 4.26. The van der Waals surface area contributed by atoms with E-state index >= 15 is 0 Å². The topological polar surface area (TPSA) is 65.1 Å². The molecule has 0 aliphatic rings. The Labute approximate surface area is 120 Å². The summed E-state index contributed by atoms with van der Waals surface area (Å²) in [6.07, 6.45) is 4.39. The van der Waals surface area contributed by atoms with E-state index < -0.39 is 0 Å². The molecule has 0 bridgehead atoms. The van der Waals surface area contributed by atoms with Gasteiger partial charge in [0.25, 0.3) is 0 Å². The molecule has 102 valence electrons. The summed E-state index contributed by atoms with van der Waals surface area (Å²) in [7, 11) is 3.62. The maximum absolute atomic E-state index is 5.68. The number of imidazole rings is 1. The second kappa shape index (κ2) is 6.18. The number of methoxy groups -OCH3 is 1. The lowest BCUT2D eigenvalue weighted by Gasteiger charge is -2.19. The van der Waals surface area contributed by atoms with Crippen LogP contribution in [-0.4, -0.2) is 16.7 Å². The van der Waals surface area contributed by atoms with E-state index in [-0.39, 0.29) is 6.04 Å². The Kier molecular flexibility index (Phi) is 4.57. The van der Waals surface area contributed by atoms with Crippen molar-refractivity contribution in [1.82, 2.24) is 15.0 Å². The minimum Gasteiger partial charge on any atom is -0.496 e. The molecular weight excluding hydrogens is 308 g/mol. The van der Waals surface area contributed by atoms with Gasteiger partial charge in [0.05, 0.1) is 13.2 Å². The second-order valence-corrected chi connectivity index (χ2v) is 5.18. The molecule has 0 fully saturated rings. The lowest BCUT2D eigenvalue weighted by Crippen LogP contribution is -2.30. The molecule has 0 saturated carbocycles. The van der Waals surface area contributed by atoms with E-state index in [4.69, 9.17) is 10.6 Å². The molecule has 0 aliphatic carbocycles. The van der Waals surface area contributed by atoms with E-state index in [9.17, 15) is 0 Å². The van der Waals surface area contributed by atoms with Crippen LogP contribution < -0.4 is 16.0 Å². The summed E-state index contributed by atoms with van der Waals surface area (Å²) in [5.74, 6) is 7.44. The molecule has 19 heavy (non-hydrogen) atoms. The fourth-order valence-corrected chi connectivity index (χ4v) is 2.35. The standard InChI is InChI=1S/C13H17BrN4O/c1-18-6-5-16-13(18)8-11(17-15)10-4-3-9(14)7-12(10)19-2/h3-7,11,17H,8,15H2,1-2H3. The van der Waals surface area contributed by atoms with E-state index in [0.717, 1.165) is 21.6 Å². The fraction of sp³-hybridized carbons (Fsp3) is 0.308. The Morgan fingerprint density at radius 3 is 2.89 bits per heavy atom. The number of nitrogens with two attached hydrogens (primary N) is 1. The van der Waals surface area contributed by atoms with Crippen LogP contribution in [0.1, 0.15) is 17.4 Å². The predicted octanol–water partition coefficient (Wildman–Crippen LogP) is 1.94. The van der Waals surface area contributed by atoms with E-state index in [1.165, 1.54) is 0 Å². The van der Waals surface area contributed by atoms with Crippen molar-refractivity contribution in [3.63, 3.8) is 0 Å². The number of nitrogens with one attached hydrogen (secondary N) is 1. The van der Waals surface area contributed by atoms with E-state index in [1.807, 2.05) is 36.0 Å². The van der Waals surface area contributed by atoms with Crippen molar-refractivity contribution in [3.8, 4) is 5.75 Å². The highest BCUT2D eigenvalue weighted by Gasteiger charge is 2.17. The minimum atomic E-state index is -0.0517. The van der Waals surface area contributed by atoms with Gasteiger partial charge in [-0.2, -0.15) is 0 Å². The van der Waals surface area contributed by atoms with Crippen LogP contribution in [0.4, 0.5) is 0 Å². The molecule has 0 radical (unpaired) electrons. The summed E-state index contributed by atoms with van der Waals surface area (Å²) in [6.45, 7) is 0. The SMILES string of the molecule is COc1cc(Br)ccc1C(Cc1nccn1C)NN. The van der Waals surface area contributed by atoms with Crippen molar-refractivity contribution in [2.24, 2.45) is 12.9 Å². The Morgan fingerprint density at radius 2 is 2.32 bits per heavy atom. The maximum atomic E-state index is 5.68. The third-order valence-electron chi connectivity index (χ3n) is 3.08. The van der Waals surface area contributed by atoms with Crippen LogP contribution in [0.15, 0.2) is 35.1 Å². The first-order valence-electron chi connectivity index (χ1n) is 5.91.